The van der Waals surface area contributed by atoms with Crippen molar-refractivity contribution in [1.29, 1.82) is 0 Å². The van der Waals surface area contributed by atoms with E-state index in [2.05, 4.69) is 16.0 Å². The van der Waals surface area contributed by atoms with E-state index in [-0.39, 0.29) is 5.91 Å². The van der Waals surface area contributed by atoms with Crippen molar-refractivity contribution in [3.05, 3.63) is 60.1 Å². The second-order valence-electron chi connectivity index (χ2n) is 5.45. The normalized spacial score (nSPS) is 20.0. The van der Waals surface area contributed by atoms with E-state index < -0.39 is 17.5 Å². The van der Waals surface area contributed by atoms with Crippen molar-refractivity contribution in [3.63, 3.8) is 0 Å². The van der Waals surface area contributed by atoms with E-state index >= 15 is 0 Å². The Bertz CT molecular complexity index is 826. The van der Waals surface area contributed by atoms with Crippen molar-refractivity contribution in [3.8, 4) is 0 Å². The van der Waals surface area contributed by atoms with Crippen LogP contribution in [0.1, 0.15) is 18.2 Å². The molecule has 1 saturated heterocycles. The van der Waals surface area contributed by atoms with Crippen LogP contribution < -0.4 is 16.0 Å². The second kappa shape index (κ2) is 6.04. The Morgan fingerprint density at radius 2 is 2.08 bits per heavy atom. The molecule has 2 heterocycles. The Morgan fingerprint density at radius 1 is 1.25 bits per heavy atom. The van der Waals surface area contributed by atoms with Gasteiger partial charge >= 0.3 is 6.03 Å². The molecule has 1 aliphatic rings. The Hall–Kier alpha value is -3.35. The number of nitrogens with one attached hydrogen (secondary N) is 3. The molecular weight excluding hydrogens is 310 g/mol. The zero-order chi connectivity index (χ0) is 17.2. The smallest absolute Gasteiger partial charge is 0.322 e. The van der Waals surface area contributed by atoms with Gasteiger partial charge in [-0.3, -0.25) is 14.9 Å². The summed E-state index contributed by atoms with van der Waals surface area (Å²) in [5.74, 6) is -0.209. The van der Waals surface area contributed by atoms with Gasteiger partial charge in [-0.2, -0.15) is 0 Å². The van der Waals surface area contributed by atoms with Crippen molar-refractivity contribution in [2.75, 3.05) is 5.32 Å². The molecule has 24 heavy (non-hydrogen) atoms. The van der Waals surface area contributed by atoms with Crippen LogP contribution in [0.15, 0.2) is 53.2 Å². The number of hydrogen-bond donors (Lipinski definition) is 3. The lowest BCUT2D eigenvalue weighted by Gasteiger charge is -2.21. The van der Waals surface area contributed by atoms with Crippen molar-refractivity contribution in [2.24, 2.45) is 0 Å². The molecule has 7 heteroatoms. The highest BCUT2D eigenvalue weighted by molar-refractivity contribution is 6.07. The summed E-state index contributed by atoms with van der Waals surface area (Å²) < 4.78 is 5.10. The van der Waals surface area contributed by atoms with Gasteiger partial charge in [0.2, 0.25) is 5.91 Å². The monoisotopic (exact) mass is 325 g/mol. The SMILES string of the molecule is C[C@]1(c2cccc(NC(=O)/C=C/c3ccco3)c2)NC(=O)NC1=O. The average molecular weight is 325 g/mol. The predicted molar refractivity (Wildman–Crippen MR) is 86.8 cm³/mol. The van der Waals surface area contributed by atoms with Crippen LogP contribution in [0.4, 0.5) is 10.5 Å². The van der Waals surface area contributed by atoms with Crippen LogP contribution in [-0.4, -0.2) is 17.8 Å². The molecule has 1 aliphatic heterocycles. The molecular formula is C17H15N3O4. The van der Waals surface area contributed by atoms with Crippen molar-refractivity contribution in [1.82, 2.24) is 10.6 Å². The maximum absolute atomic E-state index is 12.0. The van der Waals surface area contributed by atoms with Crippen LogP contribution in [0.2, 0.25) is 0 Å². The second-order valence-corrected chi connectivity index (χ2v) is 5.45. The summed E-state index contributed by atoms with van der Waals surface area (Å²) in [6.07, 6.45) is 4.41. The largest absolute Gasteiger partial charge is 0.465 e. The molecule has 0 saturated carbocycles. The maximum atomic E-state index is 12.0. The number of amides is 4. The molecule has 0 aliphatic carbocycles. The van der Waals surface area contributed by atoms with E-state index in [9.17, 15) is 14.4 Å². The number of imide groups is 1. The number of carbonyl (C=O) groups is 3. The van der Waals surface area contributed by atoms with Crippen molar-refractivity contribution >= 4 is 29.6 Å². The minimum absolute atomic E-state index is 0.339. The van der Waals surface area contributed by atoms with Gasteiger partial charge in [0.25, 0.3) is 5.91 Å². The highest BCUT2D eigenvalue weighted by atomic mass is 16.3. The van der Waals surface area contributed by atoms with E-state index in [1.165, 1.54) is 12.3 Å². The number of urea groups is 1. The fourth-order valence-corrected chi connectivity index (χ4v) is 2.38. The number of hydrogen-bond acceptors (Lipinski definition) is 4. The third-order valence-corrected chi connectivity index (χ3v) is 3.69. The molecule has 1 atom stereocenters. The summed E-state index contributed by atoms with van der Waals surface area (Å²) in [4.78, 5) is 35.3. The molecule has 2 aromatic rings. The van der Waals surface area contributed by atoms with Crippen molar-refractivity contribution in [2.45, 2.75) is 12.5 Å². The van der Waals surface area contributed by atoms with Crippen LogP contribution in [0.3, 0.4) is 0 Å². The van der Waals surface area contributed by atoms with Gasteiger partial charge in [-0.15, -0.1) is 0 Å². The summed E-state index contributed by atoms with van der Waals surface area (Å²) in [7, 11) is 0. The summed E-state index contributed by atoms with van der Waals surface area (Å²) >= 11 is 0. The predicted octanol–water partition coefficient (Wildman–Crippen LogP) is 1.99. The van der Waals surface area contributed by atoms with E-state index in [1.54, 1.807) is 49.4 Å². The zero-order valence-electron chi connectivity index (χ0n) is 12.8. The molecule has 0 spiro atoms. The van der Waals surface area contributed by atoms with Crippen LogP contribution in [-0.2, 0) is 15.1 Å². The molecule has 0 unspecified atom stereocenters. The Labute approximate surface area is 137 Å². The van der Waals surface area contributed by atoms with Gasteiger partial charge in [0, 0.05) is 11.8 Å². The third kappa shape index (κ3) is 3.05. The number of benzene rings is 1. The maximum Gasteiger partial charge on any atom is 0.322 e. The molecule has 1 aromatic carbocycles. The topological polar surface area (TPSA) is 100 Å². The standard InChI is InChI=1S/C17H15N3O4/c1-17(15(22)19-16(23)20-17)11-4-2-5-12(10-11)18-14(21)8-7-13-6-3-9-24-13/h2-10H,1H3,(H,18,21)(H2,19,20,22,23)/b8-7+/t17-/m1/s1. The zero-order valence-corrected chi connectivity index (χ0v) is 12.8. The van der Waals surface area contributed by atoms with E-state index in [4.69, 9.17) is 4.42 Å². The molecule has 7 nitrogen and oxygen atoms in total. The lowest BCUT2D eigenvalue weighted by molar-refractivity contribution is -0.123. The van der Waals surface area contributed by atoms with Gasteiger partial charge in [0.15, 0.2) is 0 Å². The van der Waals surface area contributed by atoms with Gasteiger partial charge in [0.05, 0.1) is 6.26 Å². The molecule has 1 aromatic heterocycles. The van der Waals surface area contributed by atoms with Gasteiger partial charge in [-0.1, -0.05) is 12.1 Å². The molecule has 1 fully saturated rings. The first kappa shape index (κ1) is 15.5. The summed E-state index contributed by atoms with van der Waals surface area (Å²) in [5.41, 5.74) is -0.0857. The van der Waals surface area contributed by atoms with Gasteiger partial charge in [0.1, 0.15) is 11.3 Å². The van der Waals surface area contributed by atoms with Crippen LogP contribution >= 0.6 is 0 Å². The first-order chi connectivity index (χ1) is 11.5. The summed E-state index contributed by atoms with van der Waals surface area (Å²) in [6, 6.07) is 9.65. The Kier molecular flexibility index (Phi) is 3.91. The number of rotatable bonds is 4. The first-order valence-electron chi connectivity index (χ1n) is 7.24. The number of anilines is 1. The number of furan rings is 1. The number of carbonyl (C=O) groups excluding carboxylic acids is 3. The van der Waals surface area contributed by atoms with Crippen LogP contribution in [0.5, 0.6) is 0 Å². The molecule has 122 valence electrons. The molecule has 0 bridgehead atoms. The Balaban J connectivity index is 1.75. The van der Waals surface area contributed by atoms with Gasteiger partial charge in [-0.05, 0) is 42.8 Å². The highest BCUT2D eigenvalue weighted by Gasteiger charge is 2.43. The minimum Gasteiger partial charge on any atom is -0.465 e. The molecule has 4 amide bonds. The highest BCUT2D eigenvalue weighted by Crippen LogP contribution is 2.26. The summed E-state index contributed by atoms with van der Waals surface area (Å²) in [5, 5.41) is 7.49. The quantitative estimate of drug-likeness (QED) is 0.591. The fourth-order valence-electron chi connectivity index (χ4n) is 2.38. The fraction of sp³-hybridized carbons (Fsp3) is 0.118. The van der Waals surface area contributed by atoms with E-state index in [0.29, 0.717) is 17.0 Å². The van der Waals surface area contributed by atoms with Gasteiger partial charge < -0.3 is 15.1 Å². The summed E-state index contributed by atoms with van der Waals surface area (Å²) in [6.45, 7) is 1.60. The molecule has 3 rings (SSSR count). The third-order valence-electron chi connectivity index (χ3n) is 3.69. The lowest BCUT2D eigenvalue weighted by Crippen LogP contribution is -2.40. The van der Waals surface area contributed by atoms with E-state index in [0.717, 1.165) is 0 Å². The lowest BCUT2D eigenvalue weighted by atomic mass is 9.92. The Morgan fingerprint density at radius 3 is 2.75 bits per heavy atom. The molecule has 0 radical (unpaired) electrons. The van der Waals surface area contributed by atoms with Crippen LogP contribution in [0.25, 0.3) is 6.08 Å². The van der Waals surface area contributed by atoms with Crippen LogP contribution in [0, 0.1) is 0 Å². The molecule has 3 N–H and O–H groups in total. The van der Waals surface area contributed by atoms with Gasteiger partial charge in [-0.25, -0.2) is 4.79 Å². The van der Waals surface area contributed by atoms with E-state index in [1.807, 2.05) is 0 Å². The minimum atomic E-state index is -1.16. The van der Waals surface area contributed by atoms with Crippen molar-refractivity contribution < 1.29 is 18.8 Å². The average Bonchev–Trinajstić information content (AvgIpc) is 3.14. The first-order valence-corrected chi connectivity index (χ1v) is 7.24.